The van der Waals surface area contributed by atoms with E-state index in [1.165, 1.54) is 12.8 Å². The molecule has 0 saturated heterocycles. The lowest BCUT2D eigenvalue weighted by atomic mass is 9.79. The number of carbonyl (C=O) groups is 1. The number of aliphatic carboxylic acids is 1. The van der Waals surface area contributed by atoms with Crippen molar-refractivity contribution in [1.82, 2.24) is 0 Å². The zero-order chi connectivity index (χ0) is 10.1. The maximum atomic E-state index is 10.5. The van der Waals surface area contributed by atoms with Gasteiger partial charge in [-0.05, 0) is 36.5 Å². The maximum Gasteiger partial charge on any atom is 0.303 e. The molecule has 0 aromatic rings. The largest absolute Gasteiger partial charge is 0.481 e. The Kier molecular flexibility index (Phi) is 2.62. The van der Waals surface area contributed by atoms with Gasteiger partial charge >= 0.3 is 5.97 Å². The summed E-state index contributed by atoms with van der Waals surface area (Å²) < 4.78 is 0. The van der Waals surface area contributed by atoms with Gasteiger partial charge in [-0.15, -0.1) is 0 Å². The van der Waals surface area contributed by atoms with Crippen LogP contribution in [-0.2, 0) is 4.79 Å². The van der Waals surface area contributed by atoms with Gasteiger partial charge in [0.05, 0.1) is 0 Å². The SMILES string of the molecule is CCC1C2C=CC(C2)C1CCC(=O)O. The van der Waals surface area contributed by atoms with Crippen molar-refractivity contribution in [2.45, 2.75) is 32.6 Å². The fraction of sp³-hybridized carbons (Fsp3) is 0.750. The first-order chi connectivity index (χ1) is 6.72. The molecule has 0 aromatic heterocycles. The van der Waals surface area contributed by atoms with Crippen molar-refractivity contribution in [1.29, 1.82) is 0 Å². The van der Waals surface area contributed by atoms with E-state index >= 15 is 0 Å². The van der Waals surface area contributed by atoms with Crippen LogP contribution in [0.25, 0.3) is 0 Å². The number of allylic oxidation sites excluding steroid dienone is 2. The lowest BCUT2D eigenvalue weighted by Gasteiger charge is -2.26. The predicted molar refractivity (Wildman–Crippen MR) is 54.9 cm³/mol. The second-order valence-electron chi connectivity index (χ2n) is 4.62. The summed E-state index contributed by atoms with van der Waals surface area (Å²) in [4.78, 5) is 10.5. The first-order valence-electron chi connectivity index (χ1n) is 5.62. The maximum absolute atomic E-state index is 10.5. The Labute approximate surface area is 85.0 Å². The van der Waals surface area contributed by atoms with Gasteiger partial charge in [-0.25, -0.2) is 0 Å². The Morgan fingerprint density at radius 3 is 2.57 bits per heavy atom. The molecule has 0 spiro atoms. The molecule has 14 heavy (non-hydrogen) atoms. The smallest absolute Gasteiger partial charge is 0.303 e. The van der Waals surface area contributed by atoms with Crippen LogP contribution in [0.4, 0.5) is 0 Å². The van der Waals surface area contributed by atoms with E-state index in [-0.39, 0.29) is 0 Å². The van der Waals surface area contributed by atoms with Crippen molar-refractivity contribution < 1.29 is 9.90 Å². The fourth-order valence-electron chi connectivity index (χ4n) is 3.35. The van der Waals surface area contributed by atoms with Crippen LogP contribution in [-0.4, -0.2) is 11.1 Å². The highest BCUT2D eigenvalue weighted by Gasteiger charge is 2.42. The Bertz CT molecular complexity index is 257. The molecule has 0 heterocycles. The van der Waals surface area contributed by atoms with E-state index in [1.807, 2.05) is 0 Å². The van der Waals surface area contributed by atoms with Crippen molar-refractivity contribution in [3.63, 3.8) is 0 Å². The number of carboxylic acid groups (broad SMARTS) is 1. The Morgan fingerprint density at radius 1 is 1.36 bits per heavy atom. The number of hydrogen-bond acceptors (Lipinski definition) is 1. The molecule has 1 fully saturated rings. The summed E-state index contributed by atoms with van der Waals surface area (Å²) in [5, 5.41) is 8.68. The molecule has 0 aliphatic heterocycles. The normalized spacial score (nSPS) is 39.2. The number of hydrogen-bond donors (Lipinski definition) is 1. The van der Waals surface area contributed by atoms with Crippen LogP contribution in [0.5, 0.6) is 0 Å². The van der Waals surface area contributed by atoms with E-state index < -0.39 is 5.97 Å². The van der Waals surface area contributed by atoms with Crippen molar-refractivity contribution in [2.24, 2.45) is 23.7 Å². The molecule has 2 rings (SSSR count). The van der Waals surface area contributed by atoms with E-state index in [0.717, 1.165) is 18.3 Å². The summed E-state index contributed by atoms with van der Waals surface area (Å²) in [7, 11) is 0. The van der Waals surface area contributed by atoms with Gasteiger partial charge in [0, 0.05) is 6.42 Å². The van der Waals surface area contributed by atoms with Crippen molar-refractivity contribution >= 4 is 5.97 Å². The molecule has 2 heteroatoms. The van der Waals surface area contributed by atoms with Crippen molar-refractivity contribution in [2.75, 3.05) is 0 Å². The van der Waals surface area contributed by atoms with Gasteiger partial charge in [-0.1, -0.05) is 25.5 Å². The molecular formula is C12H18O2. The predicted octanol–water partition coefficient (Wildman–Crippen LogP) is 2.70. The highest BCUT2D eigenvalue weighted by atomic mass is 16.4. The minimum Gasteiger partial charge on any atom is -0.481 e. The number of carboxylic acids is 1. The molecule has 0 amide bonds. The average Bonchev–Trinajstić information content (AvgIpc) is 2.72. The van der Waals surface area contributed by atoms with Crippen LogP contribution in [0, 0.1) is 23.7 Å². The zero-order valence-electron chi connectivity index (χ0n) is 8.65. The first kappa shape index (κ1) is 9.75. The molecule has 0 aromatic carbocycles. The van der Waals surface area contributed by atoms with Gasteiger partial charge in [0.15, 0.2) is 0 Å². The topological polar surface area (TPSA) is 37.3 Å². The van der Waals surface area contributed by atoms with Gasteiger partial charge in [0.25, 0.3) is 0 Å². The van der Waals surface area contributed by atoms with E-state index in [2.05, 4.69) is 19.1 Å². The lowest BCUT2D eigenvalue weighted by Crippen LogP contribution is -2.19. The molecule has 2 nitrogen and oxygen atoms in total. The zero-order valence-corrected chi connectivity index (χ0v) is 8.65. The van der Waals surface area contributed by atoms with Crippen LogP contribution >= 0.6 is 0 Å². The molecular weight excluding hydrogens is 176 g/mol. The van der Waals surface area contributed by atoms with E-state index in [9.17, 15) is 4.79 Å². The highest BCUT2D eigenvalue weighted by Crippen LogP contribution is 2.50. The minimum absolute atomic E-state index is 0.345. The molecule has 2 aliphatic carbocycles. The summed E-state index contributed by atoms with van der Waals surface area (Å²) in [6, 6.07) is 0. The second kappa shape index (κ2) is 3.76. The average molecular weight is 194 g/mol. The molecule has 4 unspecified atom stereocenters. The Balaban J connectivity index is 1.97. The van der Waals surface area contributed by atoms with Crippen LogP contribution in [0.3, 0.4) is 0 Å². The second-order valence-corrected chi connectivity index (χ2v) is 4.62. The first-order valence-corrected chi connectivity index (χ1v) is 5.62. The molecule has 4 atom stereocenters. The van der Waals surface area contributed by atoms with E-state index in [0.29, 0.717) is 18.3 Å². The van der Waals surface area contributed by atoms with Gasteiger partial charge in [0.2, 0.25) is 0 Å². The highest BCUT2D eigenvalue weighted by molar-refractivity contribution is 5.66. The lowest BCUT2D eigenvalue weighted by molar-refractivity contribution is -0.137. The van der Waals surface area contributed by atoms with Crippen LogP contribution in [0.1, 0.15) is 32.6 Å². The van der Waals surface area contributed by atoms with Crippen LogP contribution < -0.4 is 0 Å². The van der Waals surface area contributed by atoms with Gasteiger partial charge in [-0.3, -0.25) is 4.79 Å². The quantitative estimate of drug-likeness (QED) is 0.699. The van der Waals surface area contributed by atoms with E-state index in [1.54, 1.807) is 0 Å². The third-order valence-corrected chi connectivity index (χ3v) is 3.96. The van der Waals surface area contributed by atoms with Crippen molar-refractivity contribution in [3.05, 3.63) is 12.2 Å². The van der Waals surface area contributed by atoms with Gasteiger partial charge in [0.1, 0.15) is 0 Å². The molecule has 2 bridgehead atoms. The Morgan fingerprint density at radius 2 is 2.00 bits per heavy atom. The third-order valence-electron chi connectivity index (χ3n) is 3.96. The number of rotatable bonds is 4. The molecule has 1 N–H and O–H groups in total. The van der Waals surface area contributed by atoms with Gasteiger partial charge < -0.3 is 5.11 Å². The van der Waals surface area contributed by atoms with Crippen LogP contribution in [0.2, 0.25) is 0 Å². The molecule has 0 radical (unpaired) electrons. The van der Waals surface area contributed by atoms with Crippen LogP contribution in [0.15, 0.2) is 12.2 Å². The standard InChI is InChI=1S/C12H18O2/c1-2-10-8-3-4-9(7-8)11(10)5-6-12(13)14/h3-4,8-11H,2,5-7H2,1H3,(H,13,14). The Hall–Kier alpha value is -0.790. The molecule has 2 aliphatic rings. The van der Waals surface area contributed by atoms with E-state index in [4.69, 9.17) is 5.11 Å². The van der Waals surface area contributed by atoms with Crippen molar-refractivity contribution in [3.8, 4) is 0 Å². The summed E-state index contributed by atoms with van der Waals surface area (Å²) in [6.45, 7) is 2.23. The molecule has 78 valence electrons. The number of fused-ring (bicyclic) bond motifs is 2. The monoisotopic (exact) mass is 194 g/mol. The third kappa shape index (κ3) is 1.58. The molecule has 1 saturated carbocycles. The summed E-state index contributed by atoms with van der Waals surface area (Å²) >= 11 is 0. The summed E-state index contributed by atoms with van der Waals surface area (Å²) in [5.41, 5.74) is 0. The summed E-state index contributed by atoms with van der Waals surface area (Å²) in [6.07, 6.45) is 8.36. The fourth-order valence-corrected chi connectivity index (χ4v) is 3.35. The van der Waals surface area contributed by atoms with Gasteiger partial charge in [-0.2, -0.15) is 0 Å². The minimum atomic E-state index is -0.647. The summed E-state index contributed by atoms with van der Waals surface area (Å²) in [5.74, 6) is 2.19.